The molecule has 0 spiro atoms. The molecule has 3 aromatic heterocycles. The summed E-state index contributed by atoms with van der Waals surface area (Å²) in [6, 6.07) is 1.54. The van der Waals surface area contributed by atoms with Crippen molar-refractivity contribution in [2.24, 2.45) is 0 Å². The second kappa shape index (κ2) is 15.7. The number of anilines is 1. The first-order chi connectivity index (χ1) is 18.0. The SMILES string of the molecule is C=Cc1ncn(CCNC(=O)C2CCCN2)c1/C=C(\C)Nc1ncc(-c2ccncc2F)s1.CC.CC. The van der Waals surface area contributed by atoms with Gasteiger partial charge in [0.05, 0.1) is 34.8 Å². The number of rotatable bonds is 9. The Morgan fingerprint density at radius 3 is 2.76 bits per heavy atom. The normalized spacial score (nSPS) is 14.6. The Morgan fingerprint density at radius 1 is 1.30 bits per heavy atom. The van der Waals surface area contributed by atoms with Gasteiger partial charge >= 0.3 is 0 Å². The quantitative estimate of drug-likeness (QED) is 0.336. The van der Waals surface area contributed by atoms with Gasteiger partial charge in [0.15, 0.2) is 5.13 Å². The van der Waals surface area contributed by atoms with E-state index in [9.17, 15) is 9.18 Å². The van der Waals surface area contributed by atoms with Crippen molar-refractivity contribution in [2.75, 3.05) is 18.4 Å². The lowest BCUT2D eigenvalue weighted by Crippen LogP contribution is -2.41. The second-order valence-corrected chi connectivity index (χ2v) is 8.72. The Hall–Kier alpha value is -3.37. The minimum Gasteiger partial charge on any atom is -0.353 e. The summed E-state index contributed by atoms with van der Waals surface area (Å²) in [5.41, 5.74) is 2.94. The molecule has 1 aliphatic rings. The molecule has 8 nitrogen and oxygen atoms in total. The van der Waals surface area contributed by atoms with Crippen molar-refractivity contribution < 1.29 is 9.18 Å². The summed E-state index contributed by atoms with van der Waals surface area (Å²) < 4.78 is 16.0. The van der Waals surface area contributed by atoms with E-state index in [1.54, 1.807) is 30.9 Å². The number of nitrogens with one attached hydrogen (secondary N) is 3. The number of aromatic nitrogens is 4. The number of carbonyl (C=O) groups is 1. The predicted molar refractivity (Wildman–Crippen MR) is 152 cm³/mol. The summed E-state index contributed by atoms with van der Waals surface area (Å²) in [6.07, 6.45) is 11.7. The highest BCUT2D eigenvalue weighted by Crippen LogP contribution is 2.31. The van der Waals surface area contributed by atoms with E-state index in [-0.39, 0.29) is 17.8 Å². The van der Waals surface area contributed by atoms with Crippen LogP contribution < -0.4 is 16.0 Å². The lowest BCUT2D eigenvalue weighted by Gasteiger charge is -2.12. The molecule has 0 radical (unpaired) electrons. The number of hydrogen-bond acceptors (Lipinski definition) is 7. The summed E-state index contributed by atoms with van der Waals surface area (Å²) in [5, 5.41) is 10.1. The average Bonchev–Trinajstić information content (AvgIpc) is 3.69. The van der Waals surface area contributed by atoms with E-state index in [1.165, 1.54) is 17.5 Å². The van der Waals surface area contributed by atoms with Gasteiger partial charge in [-0.2, -0.15) is 0 Å². The first-order valence-corrected chi connectivity index (χ1v) is 13.6. The number of hydrogen-bond donors (Lipinski definition) is 3. The first-order valence-electron chi connectivity index (χ1n) is 12.7. The molecular formula is C27H38FN7OS. The molecule has 1 aliphatic heterocycles. The summed E-state index contributed by atoms with van der Waals surface area (Å²) >= 11 is 1.36. The predicted octanol–water partition coefficient (Wildman–Crippen LogP) is 5.58. The van der Waals surface area contributed by atoms with Crippen molar-refractivity contribution in [3.05, 3.63) is 60.5 Å². The van der Waals surface area contributed by atoms with E-state index < -0.39 is 0 Å². The van der Waals surface area contributed by atoms with Gasteiger partial charge in [0.2, 0.25) is 5.91 Å². The van der Waals surface area contributed by atoms with Crippen molar-refractivity contribution >= 4 is 34.5 Å². The third kappa shape index (κ3) is 8.33. The van der Waals surface area contributed by atoms with Crippen LogP contribution in [0.25, 0.3) is 22.6 Å². The monoisotopic (exact) mass is 527 g/mol. The number of halogens is 1. The fourth-order valence-corrected chi connectivity index (χ4v) is 4.58. The molecule has 1 saturated heterocycles. The molecule has 4 heterocycles. The number of imidazole rings is 1. The third-order valence-electron chi connectivity index (χ3n) is 5.33. The Labute approximate surface area is 223 Å². The van der Waals surface area contributed by atoms with Crippen molar-refractivity contribution in [1.29, 1.82) is 0 Å². The van der Waals surface area contributed by atoms with Crippen LogP contribution in [0, 0.1) is 5.82 Å². The number of pyridine rings is 1. The molecule has 1 amide bonds. The molecule has 37 heavy (non-hydrogen) atoms. The summed E-state index contributed by atoms with van der Waals surface area (Å²) in [5.74, 6) is -0.341. The number of allylic oxidation sites excluding steroid dienone is 1. The fraction of sp³-hybridized carbons (Fsp3) is 0.407. The van der Waals surface area contributed by atoms with Crippen LogP contribution in [-0.4, -0.2) is 44.6 Å². The van der Waals surface area contributed by atoms with Gasteiger partial charge in [-0.25, -0.2) is 14.4 Å². The lowest BCUT2D eigenvalue weighted by atomic mass is 10.2. The molecule has 0 bridgehead atoms. The van der Waals surface area contributed by atoms with Crippen LogP contribution in [0.5, 0.6) is 0 Å². The Kier molecular flexibility index (Phi) is 12.7. The van der Waals surface area contributed by atoms with Crippen LogP contribution in [0.4, 0.5) is 9.52 Å². The van der Waals surface area contributed by atoms with E-state index in [4.69, 9.17) is 0 Å². The molecule has 10 heteroatoms. The van der Waals surface area contributed by atoms with Gasteiger partial charge in [-0.3, -0.25) is 9.78 Å². The highest BCUT2D eigenvalue weighted by atomic mass is 32.1. The smallest absolute Gasteiger partial charge is 0.237 e. The van der Waals surface area contributed by atoms with E-state index in [0.717, 1.165) is 41.3 Å². The molecule has 3 aromatic rings. The maximum atomic E-state index is 14.0. The topological polar surface area (TPSA) is 96.8 Å². The zero-order valence-electron chi connectivity index (χ0n) is 22.3. The molecule has 4 rings (SSSR count). The Balaban J connectivity index is 0.00000115. The van der Waals surface area contributed by atoms with Crippen LogP contribution in [0.3, 0.4) is 0 Å². The van der Waals surface area contributed by atoms with Crippen molar-refractivity contribution in [3.8, 4) is 10.4 Å². The molecule has 0 aromatic carbocycles. The lowest BCUT2D eigenvalue weighted by molar-refractivity contribution is -0.122. The van der Waals surface area contributed by atoms with E-state index in [2.05, 4.69) is 37.5 Å². The zero-order valence-corrected chi connectivity index (χ0v) is 23.2. The average molecular weight is 528 g/mol. The van der Waals surface area contributed by atoms with Crippen LogP contribution in [0.2, 0.25) is 0 Å². The minimum atomic E-state index is -0.379. The van der Waals surface area contributed by atoms with Crippen molar-refractivity contribution in [3.63, 3.8) is 0 Å². The van der Waals surface area contributed by atoms with Gasteiger partial charge < -0.3 is 20.5 Å². The molecular weight excluding hydrogens is 489 g/mol. The summed E-state index contributed by atoms with van der Waals surface area (Å²) in [7, 11) is 0. The Bertz CT molecular complexity index is 1170. The number of carbonyl (C=O) groups excluding carboxylic acids is 1. The molecule has 1 atom stereocenters. The molecule has 200 valence electrons. The van der Waals surface area contributed by atoms with Crippen molar-refractivity contribution in [1.82, 2.24) is 30.2 Å². The zero-order chi connectivity index (χ0) is 27.2. The van der Waals surface area contributed by atoms with Crippen LogP contribution in [-0.2, 0) is 11.3 Å². The van der Waals surface area contributed by atoms with Crippen LogP contribution in [0.15, 0.2) is 43.3 Å². The maximum Gasteiger partial charge on any atom is 0.237 e. The van der Waals surface area contributed by atoms with Gasteiger partial charge in [-0.1, -0.05) is 45.6 Å². The number of amides is 1. The highest BCUT2D eigenvalue weighted by molar-refractivity contribution is 7.18. The van der Waals surface area contributed by atoms with Crippen molar-refractivity contribution in [2.45, 2.75) is 60.0 Å². The molecule has 1 unspecified atom stereocenters. The highest BCUT2D eigenvalue weighted by Gasteiger charge is 2.21. The molecule has 1 fully saturated rings. The van der Waals surface area contributed by atoms with E-state index in [1.807, 2.05) is 45.3 Å². The fourth-order valence-electron chi connectivity index (χ4n) is 3.67. The number of nitrogens with zero attached hydrogens (tertiary/aromatic N) is 4. The van der Waals surface area contributed by atoms with Gasteiger partial charge in [0.25, 0.3) is 0 Å². The van der Waals surface area contributed by atoms with Crippen LogP contribution >= 0.6 is 11.3 Å². The summed E-state index contributed by atoms with van der Waals surface area (Å²) in [6.45, 7) is 15.7. The third-order valence-corrected chi connectivity index (χ3v) is 6.28. The van der Waals surface area contributed by atoms with Gasteiger partial charge in [0.1, 0.15) is 5.82 Å². The van der Waals surface area contributed by atoms with Crippen LogP contribution in [0.1, 0.15) is 58.8 Å². The van der Waals surface area contributed by atoms with E-state index in [0.29, 0.717) is 23.8 Å². The molecule has 0 aliphatic carbocycles. The Morgan fingerprint density at radius 2 is 2.08 bits per heavy atom. The summed E-state index contributed by atoms with van der Waals surface area (Å²) in [4.78, 5) is 25.5. The van der Waals surface area contributed by atoms with Gasteiger partial charge in [-0.15, -0.1) is 0 Å². The van der Waals surface area contributed by atoms with Gasteiger partial charge in [0, 0.05) is 36.7 Å². The number of thiazole rings is 1. The molecule has 3 N–H and O–H groups in total. The minimum absolute atomic E-state index is 0.0386. The molecule has 0 saturated carbocycles. The standard InChI is InChI=1S/C23H26FN7OS.2C2H6/c1-3-18-20(31(14-29-18)10-9-27-22(32)19-5-4-7-26-19)11-15(2)30-23-28-13-21(33-23)16-6-8-25-12-17(16)24;2*1-2/h3,6,8,11-14,19,26H,1,4-5,7,9-10H2,2H3,(H,27,32)(H,28,30);2*1-2H3/b15-11+;;. The maximum absolute atomic E-state index is 14.0. The van der Waals surface area contributed by atoms with Gasteiger partial charge in [-0.05, 0) is 44.5 Å². The second-order valence-electron chi connectivity index (χ2n) is 7.69. The first kappa shape index (κ1) is 29.9. The van der Waals surface area contributed by atoms with E-state index >= 15 is 0 Å². The largest absolute Gasteiger partial charge is 0.353 e.